The molecule has 1 aromatic heterocycles. The van der Waals surface area contributed by atoms with Gasteiger partial charge in [0.15, 0.2) is 0 Å². The third kappa shape index (κ3) is 5.11. The summed E-state index contributed by atoms with van der Waals surface area (Å²) in [6, 6.07) is 15.6. The summed E-state index contributed by atoms with van der Waals surface area (Å²) in [6.45, 7) is 0.937. The van der Waals surface area contributed by atoms with Gasteiger partial charge in [-0.3, -0.25) is 0 Å². The highest BCUT2D eigenvalue weighted by atomic mass is 19.3. The fourth-order valence-corrected chi connectivity index (χ4v) is 3.95. The Bertz CT molecular complexity index is 1030. The van der Waals surface area contributed by atoms with Crippen LogP contribution in [0.2, 0.25) is 0 Å². The number of β-amino-alcohol motifs (C(OH)–C–C–N with tert-alkyl or cyclic N) is 1. The largest absolute Gasteiger partial charge is 0.490 e. The number of likely N-dealkylation sites (tertiary alicyclic amines) is 1. The summed E-state index contributed by atoms with van der Waals surface area (Å²) in [5.74, 6) is -1.46. The average Bonchev–Trinajstić information content (AvgIpc) is 2.78. The van der Waals surface area contributed by atoms with Crippen LogP contribution in [0.5, 0.6) is 11.6 Å². The van der Waals surface area contributed by atoms with E-state index in [1.165, 1.54) is 0 Å². The molecular formula is C24H26F2N2O3. The van der Waals surface area contributed by atoms with Gasteiger partial charge in [-0.1, -0.05) is 30.3 Å². The summed E-state index contributed by atoms with van der Waals surface area (Å²) < 4.78 is 38.0. The Balaban J connectivity index is 1.53. The second kappa shape index (κ2) is 9.16. The number of aliphatic hydroxyl groups excluding tert-OH is 1. The Hall–Kier alpha value is -2.77. The lowest BCUT2D eigenvalue weighted by atomic mass is 9.98. The predicted molar refractivity (Wildman–Crippen MR) is 116 cm³/mol. The number of ether oxygens (including phenoxy) is 2. The minimum atomic E-state index is -2.59. The molecule has 2 aromatic carbocycles. The number of rotatable bonds is 7. The Morgan fingerprint density at radius 3 is 2.68 bits per heavy atom. The monoisotopic (exact) mass is 428 g/mol. The topological polar surface area (TPSA) is 54.8 Å². The molecule has 1 fully saturated rings. The standard InChI is InChI=1S/C24H26F2N2O3/c1-30-22-14-18(8-11-27-22)23-20-5-3-2-4-17(20)6-7-21(23)31-16-19(29)15-28-12-9-24(25,26)10-13-28/h2-8,11,14,19,29H,9-10,12-13,15-16H2,1H3. The molecular weight excluding hydrogens is 402 g/mol. The number of piperidine rings is 1. The van der Waals surface area contributed by atoms with Crippen molar-refractivity contribution in [2.24, 2.45) is 0 Å². The van der Waals surface area contributed by atoms with Crippen molar-refractivity contribution in [3.8, 4) is 22.8 Å². The smallest absolute Gasteiger partial charge is 0.250 e. The summed E-state index contributed by atoms with van der Waals surface area (Å²) in [6.07, 6.45) is 0.567. The van der Waals surface area contributed by atoms with Crippen molar-refractivity contribution in [3.63, 3.8) is 0 Å². The molecule has 0 spiro atoms. The first-order chi connectivity index (χ1) is 14.9. The molecule has 0 aliphatic carbocycles. The number of nitrogens with zero attached hydrogens (tertiary/aromatic N) is 2. The number of alkyl halides is 2. The molecule has 164 valence electrons. The highest BCUT2D eigenvalue weighted by Crippen LogP contribution is 2.38. The van der Waals surface area contributed by atoms with E-state index in [2.05, 4.69) is 4.98 Å². The zero-order chi connectivity index (χ0) is 21.8. The van der Waals surface area contributed by atoms with Crippen LogP contribution in [-0.2, 0) is 0 Å². The van der Waals surface area contributed by atoms with Crippen molar-refractivity contribution in [2.75, 3.05) is 33.4 Å². The molecule has 0 saturated carbocycles. The van der Waals surface area contributed by atoms with Crippen molar-refractivity contribution in [1.29, 1.82) is 0 Å². The van der Waals surface area contributed by atoms with Gasteiger partial charge >= 0.3 is 0 Å². The van der Waals surface area contributed by atoms with Crippen LogP contribution in [0.4, 0.5) is 8.78 Å². The highest BCUT2D eigenvalue weighted by Gasteiger charge is 2.34. The van der Waals surface area contributed by atoms with Gasteiger partial charge in [0.2, 0.25) is 5.88 Å². The molecule has 0 bridgehead atoms. The van der Waals surface area contributed by atoms with Crippen LogP contribution in [0, 0.1) is 0 Å². The number of aliphatic hydroxyl groups is 1. The molecule has 1 atom stereocenters. The summed E-state index contributed by atoms with van der Waals surface area (Å²) in [4.78, 5) is 6.04. The molecule has 4 rings (SSSR count). The maximum absolute atomic E-state index is 13.3. The van der Waals surface area contributed by atoms with E-state index >= 15 is 0 Å². The SMILES string of the molecule is COc1cc(-c2c(OCC(O)CN3CCC(F)(F)CC3)ccc3ccccc23)ccn1. The molecule has 5 nitrogen and oxygen atoms in total. The Morgan fingerprint density at radius 1 is 1.13 bits per heavy atom. The molecule has 31 heavy (non-hydrogen) atoms. The first-order valence-corrected chi connectivity index (χ1v) is 10.4. The van der Waals surface area contributed by atoms with Crippen LogP contribution in [0.15, 0.2) is 54.7 Å². The van der Waals surface area contributed by atoms with Crippen LogP contribution in [0.3, 0.4) is 0 Å². The molecule has 1 aliphatic heterocycles. The van der Waals surface area contributed by atoms with Gasteiger partial charge in [0.1, 0.15) is 18.5 Å². The average molecular weight is 428 g/mol. The maximum Gasteiger partial charge on any atom is 0.250 e. The third-order valence-corrected chi connectivity index (χ3v) is 5.61. The van der Waals surface area contributed by atoms with E-state index in [9.17, 15) is 13.9 Å². The zero-order valence-electron chi connectivity index (χ0n) is 17.4. The molecule has 2 heterocycles. The van der Waals surface area contributed by atoms with Crippen molar-refractivity contribution >= 4 is 10.8 Å². The number of methoxy groups -OCH3 is 1. The Labute approximate surface area is 180 Å². The van der Waals surface area contributed by atoms with Crippen LogP contribution in [-0.4, -0.2) is 60.4 Å². The van der Waals surface area contributed by atoms with Crippen LogP contribution in [0.25, 0.3) is 21.9 Å². The van der Waals surface area contributed by atoms with Crippen molar-refractivity contribution in [3.05, 3.63) is 54.7 Å². The van der Waals surface area contributed by atoms with Gasteiger partial charge in [0, 0.05) is 50.3 Å². The van der Waals surface area contributed by atoms with Gasteiger partial charge in [0.05, 0.1) is 7.11 Å². The van der Waals surface area contributed by atoms with Crippen molar-refractivity contribution < 1.29 is 23.4 Å². The lowest BCUT2D eigenvalue weighted by Crippen LogP contribution is -2.44. The molecule has 0 radical (unpaired) electrons. The number of pyridine rings is 1. The maximum atomic E-state index is 13.3. The lowest BCUT2D eigenvalue weighted by molar-refractivity contribution is -0.0628. The van der Waals surface area contributed by atoms with E-state index in [4.69, 9.17) is 9.47 Å². The Morgan fingerprint density at radius 2 is 1.90 bits per heavy atom. The van der Waals surface area contributed by atoms with E-state index < -0.39 is 12.0 Å². The molecule has 1 aliphatic rings. The normalized spacial score (nSPS) is 17.4. The van der Waals surface area contributed by atoms with Crippen LogP contribution >= 0.6 is 0 Å². The van der Waals surface area contributed by atoms with Crippen molar-refractivity contribution in [1.82, 2.24) is 9.88 Å². The van der Waals surface area contributed by atoms with Gasteiger partial charge in [-0.05, 0) is 28.5 Å². The van der Waals surface area contributed by atoms with Gasteiger partial charge in [-0.2, -0.15) is 0 Å². The molecule has 1 N–H and O–H groups in total. The number of aromatic nitrogens is 1. The summed E-state index contributed by atoms with van der Waals surface area (Å²) in [5.41, 5.74) is 1.79. The van der Waals surface area contributed by atoms with Crippen molar-refractivity contribution in [2.45, 2.75) is 24.9 Å². The quantitative estimate of drug-likeness (QED) is 0.605. The van der Waals surface area contributed by atoms with Gasteiger partial charge in [-0.25, -0.2) is 13.8 Å². The van der Waals surface area contributed by atoms with Gasteiger partial charge < -0.3 is 19.5 Å². The highest BCUT2D eigenvalue weighted by molar-refractivity contribution is 5.99. The lowest BCUT2D eigenvalue weighted by Gasteiger charge is -2.32. The van der Waals surface area contributed by atoms with Crippen LogP contribution in [0.1, 0.15) is 12.8 Å². The molecule has 3 aromatic rings. The molecule has 1 unspecified atom stereocenters. The number of halogens is 2. The summed E-state index contributed by atoms with van der Waals surface area (Å²) >= 11 is 0. The van der Waals surface area contributed by atoms with E-state index in [-0.39, 0.29) is 32.5 Å². The molecule has 7 heteroatoms. The van der Waals surface area contributed by atoms with E-state index in [1.807, 2.05) is 53.4 Å². The first-order valence-electron chi connectivity index (χ1n) is 10.4. The third-order valence-electron chi connectivity index (χ3n) is 5.61. The minimum absolute atomic E-state index is 0.0699. The summed E-state index contributed by atoms with van der Waals surface area (Å²) in [7, 11) is 1.57. The van der Waals surface area contributed by atoms with Gasteiger partial charge in [0.25, 0.3) is 5.92 Å². The molecule has 1 saturated heterocycles. The predicted octanol–water partition coefficient (Wildman–Crippen LogP) is 4.38. The first kappa shape index (κ1) is 21.5. The minimum Gasteiger partial charge on any atom is -0.490 e. The summed E-state index contributed by atoms with van der Waals surface area (Å²) in [5, 5.41) is 12.5. The zero-order valence-corrected chi connectivity index (χ0v) is 17.4. The van der Waals surface area contributed by atoms with E-state index in [0.717, 1.165) is 21.9 Å². The number of benzene rings is 2. The second-order valence-corrected chi connectivity index (χ2v) is 7.87. The van der Waals surface area contributed by atoms with Gasteiger partial charge in [-0.15, -0.1) is 0 Å². The second-order valence-electron chi connectivity index (χ2n) is 7.87. The fraction of sp³-hybridized carbons (Fsp3) is 0.375. The fourth-order valence-electron chi connectivity index (χ4n) is 3.95. The van der Waals surface area contributed by atoms with Crippen LogP contribution < -0.4 is 9.47 Å². The van der Waals surface area contributed by atoms with E-state index in [1.54, 1.807) is 13.3 Å². The Kier molecular flexibility index (Phi) is 6.34. The van der Waals surface area contributed by atoms with E-state index in [0.29, 0.717) is 18.2 Å². The number of fused-ring (bicyclic) bond motifs is 1. The molecule has 0 amide bonds. The number of hydrogen-bond acceptors (Lipinski definition) is 5. The number of hydrogen-bond donors (Lipinski definition) is 1.